The maximum absolute atomic E-state index is 14.0. The standard InChI is InChI=1S/C46H65F4N5O17S2/c1-3-6-55(71-4-2)46(57)33-28-37-35(53-38(51)29-33)30-36(73-37)34-31-52-54(32-34)7-9-62-11-13-64-15-17-66-19-21-68-23-25-70-27-26-69-24-22-67-20-18-65-16-14-63-12-10-61-8-5-39(56)72-44-40(47)42(49)45(74(58,59)60)43(50)41(44)48/h28,30-32H,3-27,29H2,1-2H3,(H2,51,53)(H,58,59,60). The van der Waals surface area contributed by atoms with Crippen LogP contribution < -0.4 is 10.5 Å². The number of rotatable bonds is 41. The second-order valence-electron chi connectivity index (χ2n) is 15.4. The summed E-state index contributed by atoms with van der Waals surface area (Å²) in [5.41, 5.74) is 8.38. The number of nitrogens with two attached hydrogens (primary N) is 1. The number of esters is 1. The Labute approximate surface area is 430 Å². The van der Waals surface area contributed by atoms with Crippen molar-refractivity contribution in [3.8, 4) is 16.2 Å². The van der Waals surface area contributed by atoms with E-state index < -0.39 is 56.4 Å². The van der Waals surface area contributed by atoms with Crippen LogP contribution in [0.25, 0.3) is 16.5 Å². The number of hydrogen-bond acceptors (Lipinski definition) is 20. The molecule has 1 amide bonds. The SMILES string of the molecule is CCCN(OCC)C(=O)C1=Cc2sc(-c3cnn(CCOCCOCCOCCOCCOCCOCCOCCOCCOCCOCCC(=O)Oc4c(F)c(F)c(S(=O)(=O)O)c(F)c4F)c3)cc2N=C(N)C1. The van der Waals surface area contributed by atoms with Gasteiger partial charge in [-0.25, -0.2) is 18.8 Å². The monoisotopic (exact) mass is 1100 g/mol. The Balaban J connectivity index is 0.857. The summed E-state index contributed by atoms with van der Waals surface area (Å²) in [5.74, 6) is -12.5. The zero-order valence-corrected chi connectivity index (χ0v) is 43.0. The van der Waals surface area contributed by atoms with Crippen LogP contribution in [0.15, 0.2) is 33.9 Å². The predicted molar refractivity (Wildman–Crippen MR) is 258 cm³/mol. The molecule has 0 bridgehead atoms. The number of fused-ring (bicyclic) bond motifs is 1. The van der Waals surface area contributed by atoms with Crippen LogP contribution in [-0.4, -0.2) is 191 Å². The van der Waals surface area contributed by atoms with E-state index in [9.17, 15) is 35.6 Å². The largest absolute Gasteiger partial charge is 0.420 e. The average molecular weight is 1100 g/mol. The van der Waals surface area contributed by atoms with Crippen molar-refractivity contribution >= 4 is 50.9 Å². The lowest BCUT2D eigenvalue weighted by Gasteiger charge is -2.21. The number of halogens is 4. The van der Waals surface area contributed by atoms with Crippen molar-refractivity contribution < 1.29 is 97.1 Å². The van der Waals surface area contributed by atoms with Crippen LogP contribution in [0.1, 0.15) is 38.0 Å². The number of hydroxylamine groups is 2. The summed E-state index contributed by atoms with van der Waals surface area (Å²) >= 11 is 1.52. The van der Waals surface area contributed by atoms with E-state index in [0.717, 1.165) is 27.4 Å². The molecule has 0 fully saturated rings. The van der Waals surface area contributed by atoms with Gasteiger partial charge in [-0.15, -0.1) is 11.3 Å². The summed E-state index contributed by atoms with van der Waals surface area (Å²) in [7, 11) is -5.65. The van der Waals surface area contributed by atoms with Crippen LogP contribution in [0.5, 0.6) is 5.75 Å². The first kappa shape index (κ1) is 62.0. The van der Waals surface area contributed by atoms with Gasteiger partial charge in [0, 0.05) is 35.2 Å². The number of carbonyl (C=O) groups excluding carboxylic acids is 2. The van der Waals surface area contributed by atoms with Gasteiger partial charge in [0.2, 0.25) is 17.4 Å². The number of nitrogens with zero attached hydrogens (tertiary/aromatic N) is 4. The van der Waals surface area contributed by atoms with Gasteiger partial charge in [-0.05, 0) is 25.5 Å². The normalized spacial score (nSPS) is 12.7. The minimum Gasteiger partial charge on any atom is -0.420 e. The molecule has 0 atom stereocenters. The smallest absolute Gasteiger partial charge is 0.313 e. The van der Waals surface area contributed by atoms with E-state index in [4.69, 9.17) is 62.5 Å². The summed E-state index contributed by atoms with van der Waals surface area (Å²) in [4.78, 5) is 34.7. The first-order valence-electron chi connectivity index (χ1n) is 23.7. The Hall–Kier alpha value is -4.53. The number of amidine groups is 1. The molecule has 0 saturated carbocycles. The van der Waals surface area contributed by atoms with Crippen LogP contribution in [0.3, 0.4) is 0 Å². The highest BCUT2D eigenvalue weighted by Crippen LogP contribution is 2.40. The third-order valence-corrected chi connectivity index (χ3v) is 11.7. The molecule has 0 unspecified atom stereocenters. The lowest BCUT2D eigenvalue weighted by Crippen LogP contribution is -2.34. The van der Waals surface area contributed by atoms with E-state index >= 15 is 0 Å². The second-order valence-corrected chi connectivity index (χ2v) is 17.8. The van der Waals surface area contributed by atoms with Crippen molar-refractivity contribution in [1.29, 1.82) is 0 Å². The maximum atomic E-state index is 14.0. The fraction of sp³-hybridized carbons (Fsp3) is 0.609. The fourth-order valence-corrected chi connectivity index (χ4v) is 7.96. The minimum absolute atomic E-state index is 0.0213. The molecule has 0 aliphatic carbocycles. The minimum atomic E-state index is -5.65. The van der Waals surface area contributed by atoms with Gasteiger partial charge in [0.1, 0.15) is 5.84 Å². The first-order chi connectivity index (χ1) is 35.7. The van der Waals surface area contributed by atoms with Crippen molar-refractivity contribution in [3.63, 3.8) is 0 Å². The molecule has 28 heteroatoms. The Morgan fingerprint density at radius 3 is 1.62 bits per heavy atom. The summed E-state index contributed by atoms with van der Waals surface area (Å²) in [6, 6.07) is 1.96. The zero-order valence-electron chi connectivity index (χ0n) is 41.4. The maximum Gasteiger partial charge on any atom is 0.313 e. The zero-order chi connectivity index (χ0) is 53.6. The Bertz CT molecular complexity index is 2310. The molecule has 0 spiro atoms. The molecule has 1 aliphatic heterocycles. The molecule has 3 aromatic rings. The van der Waals surface area contributed by atoms with Crippen molar-refractivity contribution in [2.24, 2.45) is 10.7 Å². The van der Waals surface area contributed by atoms with Gasteiger partial charge in [-0.3, -0.25) is 23.7 Å². The molecular weight excluding hydrogens is 1030 g/mol. The third-order valence-electron chi connectivity index (χ3n) is 9.73. The van der Waals surface area contributed by atoms with Gasteiger partial charge in [0.25, 0.3) is 5.91 Å². The van der Waals surface area contributed by atoms with E-state index in [2.05, 4.69) is 14.8 Å². The molecule has 0 saturated heterocycles. The predicted octanol–water partition coefficient (Wildman–Crippen LogP) is 4.54. The number of aromatic nitrogens is 2. The Morgan fingerprint density at radius 2 is 1.18 bits per heavy atom. The number of amides is 1. The van der Waals surface area contributed by atoms with Crippen LogP contribution in [-0.2, 0) is 78.5 Å². The quantitative estimate of drug-likeness (QED) is 0.0150. The number of carbonyl (C=O) groups is 2. The van der Waals surface area contributed by atoms with Crippen LogP contribution in [0, 0.1) is 23.3 Å². The topological polar surface area (TPSA) is 259 Å². The van der Waals surface area contributed by atoms with E-state index in [1.807, 2.05) is 36.9 Å². The highest BCUT2D eigenvalue weighted by Gasteiger charge is 2.34. The van der Waals surface area contributed by atoms with E-state index in [-0.39, 0.29) is 45.4 Å². The number of thiophene rings is 1. The molecular formula is C46H65F4N5O17S2. The van der Waals surface area contributed by atoms with Crippen molar-refractivity contribution in [1.82, 2.24) is 14.8 Å². The van der Waals surface area contributed by atoms with E-state index in [0.29, 0.717) is 130 Å². The van der Waals surface area contributed by atoms with E-state index in [1.165, 1.54) is 16.4 Å². The summed E-state index contributed by atoms with van der Waals surface area (Å²) in [5, 5.41) is 5.86. The Kier molecular flexibility index (Phi) is 29.3. The van der Waals surface area contributed by atoms with Gasteiger partial charge in [0.15, 0.2) is 16.5 Å². The summed E-state index contributed by atoms with van der Waals surface area (Å²) < 4.78 is 147. The highest BCUT2D eigenvalue weighted by molar-refractivity contribution is 7.85. The third kappa shape index (κ3) is 22.4. The van der Waals surface area contributed by atoms with Gasteiger partial charge < -0.3 is 57.8 Å². The molecule has 3 heterocycles. The average Bonchev–Trinajstić information content (AvgIpc) is 3.97. The van der Waals surface area contributed by atoms with E-state index in [1.54, 1.807) is 6.20 Å². The lowest BCUT2D eigenvalue weighted by atomic mass is 10.1. The number of aliphatic imine (C=N–C) groups is 1. The molecule has 22 nitrogen and oxygen atoms in total. The van der Waals surface area contributed by atoms with Crippen LogP contribution in [0.4, 0.5) is 23.2 Å². The second kappa shape index (κ2) is 34.9. The molecule has 2 aromatic heterocycles. The van der Waals surface area contributed by atoms with Gasteiger partial charge in [-0.1, -0.05) is 6.92 Å². The molecule has 4 rings (SSSR count). The lowest BCUT2D eigenvalue weighted by molar-refractivity contribution is -0.180. The number of benzene rings is 1. The molecule has 74 heavy (non-hydrogen) atoms. The van der Waals surface area contributed by atoms with Crippen LogP contribution in [0.2, 0.25) is 0 Å². The summed E-state index contributed by atoms with van der Waals surface area (Å²) in [6.45, 7) is 11.7. The molecule has 1 aliphatic rings. The molecule has 3 N–H and O–H groups in total. The van der Waals surface area contributed by atoms with Gasteiger partial charge in [-0.2, -0.15) is 22.3 Å². The number of ether oxygens (including phenoxy) is 11. The Morgan fingerprint density at radius 1 is 0.716 bits per heavy atom. The van der Waals surface area contributed by atoms with Gasteiger partial charge >= 0.3 is 16.1 Å². The number of hydrogen-bond donors (Lipinski definition) is 2. The first-order valence-corrected chi connectivity index (χ1v) is 26.0. The highest BCUT2D eigenvalue weighted by atomic mass is 32.2. The van der Waals surface area contributed by atoms with Gasteiger partial charge in [0.05, 0.1) is 168 Å². The van der Waals surface area contributed by atoms with Crippen molar-refractivity contribution in [2.75, 3.05) is 145 Å². The summed E-state index contributed by atoms with van der Waals surface area (Å²) in [6.07, 6.45) is 6.03. The van der Waals surface area contributed by atoms with Crippen LogP contribution >= 0.6 is 11.3 Å². The molecule has 0 radical (unpaired) electrons. The van der Waals surface area contributed by atoms with Crippen molar-refractivity contribution in [2.45, 2.75) is 44.6 Å². The molecule has 416 valence electrons. The van der Waals surface area contributed by atoms with Crippen molar-refractivity contribution in [3.05, 3.63) is 52.2 Å². The fourth-order valence-electron chi connectivity index (χ4n) is 6.29. The molecule has 1 aromatic carbocycles.